The lowest BCUT2D eigenvalue weighted by Gasteiger charge is -2.31. The molecule has 0 aromatic carbocycles. The van der Waals surface area contributed by atoms with Gasteiger partial charge in [-0.15, -0.1) is 0 Å². The molecule has 5 heteroatoms. The fourth-order valence-corrected chi connectivity index (χ4v) is 3.46. The first-order valence-electron chi connectivity index (χ1n) is 7.75. The van der Waals surface area contributed by atoms with E-state index in [4.69, 9.17) is 5.84 Å². The zero-order valence-electron chi connectivity index (χ0n) is 13.0. The maximum atomic E-state index is 12.3. The van der Waals surface area contributed by atoms with E-state index in [0.717, 1.165) is 6.54 Å². The van der Waals surface area contributed by atoms with Crippen LogP contribution >= 0.6 is 0 Å². The Morgan fingerprint density at radius 2 is 2.14 bits per heavy atom. The highest BCUT2D eigenvalue weighted by Gasteiger charge is 2.34. The normalized spacial score (nSPS) is 17.0. The van der Waals surface area contributed by atoms with E-state index in [2.05, 4.69) is 29.6 Å². The smallest absolute Gasteiger partial charge is 0.251 e. The first kappa shape index (κ1) is 15.8. The molecule has 5 nitrogen and oxygen atoms in total. The van der Waals surface area contributed by atoms with Gasteiger partial charge in [0.05, 0.1) is 0 Å². The number of hydrogen-bond acceptors (Lipinski definition) is 4. The van der Waals surface area contributed by atoms with E-state index >= 15 is 0 Å². The summed E-state index contributed by atoms with van der Waals surface area (Å²) < 4.78 is 0. The molecule has 1 heterocycles. The van der Waals surface area contributed by atoms with Crippen LogP contribution in [0, 0.1) is 11.3 Å². The third-order valence-corrected chi connectivity index (χ3v) is 4.30. The van der Waals surface area contributed by atoms with E-state index in [1.165, 1.54) is 32.1 Å². The van der Waals surface area contributed by atoms with Crippen molar-refractivity contribution in [2.24, 2.45) is 17.2 Å². The van der Waals surface area contributed by atoms with Crippen LogP contribution in [0.15, 0.2) is 18.3 Å². The van der Waals surface area contributed by atoms with Crippen molar-refractivity contribution in [3.05, 3.63) is 23.9 Å². The molecule has 0 spiro atoms. The number of nitrogens with one attached hydrogen (secondary N) is 2. The van der Waals surface area contributed by atoms with E-state index in [0.29, 0.717) is 17.3 Å². The van der Waals surface area contributed by atoms with Crippen molar-refractivity contribution in [3.8, 4) is 0 Å². The Hall–Kier alpha value is -1.62. The Morgan fingerprint density at radius 3 is 2.76 bits per heavy atom. The fourth-order valence-electron chi connectivity index (χ4n) is 3.46. The largest absolute Gasteiger partial charge is 0.351 e. The summed E-state index contributed by atoms with van der Waals surface area (Å²) in [6, 6.07) is 3.37. The van der Waals surface area contributed by atoms with Crippen molar-refractivity contribution < 1.29 is 4.79 Å². The van der Waals surface area contributed by atoms with Crippen LogP contribution in [0.1, 0.15) is 56.3 Å². The van der Waals surface area contributed by atoms with Gasteiger partial charge in [-0.2, -0.15) is 0 Å². The molecule has 0 radical (unpaired) electrons. The summed E-state index contributed by atoms with van der Waals surface area (Å²) in [6.45, 7) is 5.27. The minimum Gasteiger partial charge on any atom is -0.351 e. The second kappa shape index (κ2) is 6.89. The summed E-state index contributed by atoms with van der Waals surface area (Å²) in [7, 11) is 0. The number of nitrogen functional groups attached to an aromatic ring is 1. The van der Waals surface area contributed by atoms with Crippen molar-refractivity contribution in [3.63, 3.8) is 0 Å². The number of aromatic nitrogens is 1. The minimum absolute atomic E-state index is 0.0519. The molecule has 1 fully saturated rings. The van der Waals surface area contributed by atoms with Crippen LogP contribution in [0.2, 0.25) is 0 Å². The highest BCUT2D eigenvalue weighted by atomic mass is 16.1. The van der Waals surface area contributed by atoms with Crippen LogP contribution in [0.5, 0.6) is 0 Å². The van der Waals surface area contributed by atoms with E-state index in [1.807, 2.05) is 0 Å². The first-order chi connectivity index (χ1) is 10.0. The van der Waals surface area contributed by atoms with Gasteiger partial charge in [-0.1, -0.05) is 26.7 Å². The maximum absolute atomic E-state index is 12.3. The van der Waals surface area contributed by atoms with Crippen molar-refractivity contribution in [2.75, 3.05) is 12.0 Å². The molecular formula is C16H26N4O. The zero-order valence-corrected chi connectivity index (χ0v) is 13.0. The van der Waals surface area contributed by atoms with Gasteiger partial charge in [-0.3, -0.25) is 4.79 Å². The van der Waals surface area contributed by atoms with Gasteiger partial charge in [0.1, 0.15) is 5.82 Å². The third-order valence-electron chi connectivity index (χ3n) is 4.30. The Bertz CT molecular complexity index is 481. The van der Waals surface area contributed by atoms with Gasteiger partial charge < -0.3 is 10.7 Å². The van der Waals surface area contributed by atoms with E-state index in [1.54, 1.807) is 18.3 Å². The average Bonchev–Trinajstić information content (AvgIpc) is 2.93. The topological polar surface area (TPSA) is 80.0 Å². The summed E-state index contributed by atoms with van der Waals surface area (Å²) in [6.07, 6.45) is 7.76. The van der Waals surface area contributed by atoms with Crippen molar-refractivity contribution >= 4 is 11.7 Å². The van der Waals surface area contributed by atoms with Gasteiger partial charge in [0, 0.05) is 18.3 Å². The summed E-state index contributed by atoms with van der Waals surface area (Å²) in [5, 5.41) is 3.10. The van der Waals surface area contributed by atoms with Crippen LogP contribution in [0.3, 0.4) is 0 Å². The highest BCUT2D eigenvalue weighted by molar-refractivity contribution is 5.94. The lowest BCUT2D eigenvalue weighted by atomic mass is 9.78. The van der Waals surface area contributed by atoms with Gasteiger partial charge in [0.25, 0.3) is 5.91 Å². The van der Waals surface area contributed by atoms with Crippen molar-refractivity contribution in [1.82, 2.24) is 10.3 Å². The quantitative estimate of drug-likeness (QED) is 0.556. The SMILES string of the molecule is CC(C)CC1(CNC(=O)c2ccnc(NN)c2)CCCC1. The lowest BCUT2D eigenvalue weighted by Crippen LogP contribution is -2.37. The molecule has 1 saturated carbocycles. The average molecular weight is 290 g/mol. The van der Waals surface area contributed by atoms with E-state index < -0.39 is 0 Å². The zero-order chi connectivity index (χ0) is 15.3. The van der Waals surface area contributed by atoms with Crippen LogP contribution in [-0.4, -0.2) is 17.4 Å². The number of nitrogens with two attached hydrogens (primary N) is 1. The monoisotopic (exact) mass is 290 g/mol. The molecule has 116 valence electrons. The maximum Gasteiger partial charge on any atom is 0.251 e. The number of carbonyl (C=O) groups is 1. The molecule has 1 aliphatic carbocycles. The molecule has 2 rings (SSSR count). The Balaban J connectivity index is 1.98. The molecule has 1 aliphatic rings. The minimum atomic E-state index is -0.0519. The summed E-state index contributed by atoms with van der Waals surface area (Å²) in [4.78, 5) is 16.3. The van der Waals surface area contributed by atoms with Gasteiger partial charge in [0.15, 0.2) is 0 Å². The molecule has 0 aliphatic heterocycles. The van der Waals surface area contributed by atoms with E-state index in [-0.39, 0.29) is 11.3 Å². The second-order valence-electron chi connectivity index (χ2n) is 6.56. The number of hydrazine groups is 1. The van der Waals surface area contributed by atoms with Gasteiger partial charge in [-0.05, 0) is 42.7 Å². The van der Waals surface area contributed by atoms with Crippen LogP contribution in [-0.2, 0) is 0 Å². The van der Waals surface area contributed by atoms with Crippen molar-refractivity contribution in [2.45, 2.75) is 46.0 Å². The number of anilines is 1. The molecule has 21 heavy (non-hydrogen) atoms. The Morgan fingerprint density at radius 1 is 1.43 bits per heavy atom. The van der Waals surface area contributed by atoms with Crippen LogP contribution < -0.4 is 16.6 Å². The standard InChI is InChI=1S/C16H26N4O/c1-12(2)10-16(6-3-4-7-16)11-19-15(21)13-5-8-18-14(9-13)20-17/h5,8-9,12H,3-4,6-7,10-11,17H2,1-2H3,(H,18,20)(H,19,21). The molecule has 0 atom stereocenters. The van der Waals surface area contributed by atoms with Crippen molar-refractivity contribution in [1.29, 1.82) is 0 Å². The van der Waals surface area contributed by atoms with Gasteiger partial charge in [-0.25, -0.2) is 10.8 Å². The predicted octanol–water partition coefficient (Wildman–Crippen LogP) is 2.70. The van der Waals surface area contributed by atoms with Crippen LogP contribution in [0.25, 0.3) is 0 Å². The number of rotatable bonds is 6. The second-order valence-corrected chi connectivity index (χ2v) is 6.56. The summed E-state index contributed by atoms with van der Waals surface area (Å²) in [5.41, 5.74) is 3.34. The van der Waals surface area contributed by atoms with Gasteiger partial charge >= 0.3 is 0 Å². The molecule has 1 aromatic heterocycles. The number of pyridine rings is 1. The molecule has 1 amide bonds. The molecular weight excluding hydrogens is 264 g/mol. The van der Waals surface area contributed by atoms with Crippen LogP contribution in [0.4, 0.5) is 5.82 Å². The lowest BCUT2D eigenvalue weighted by molar-refractivity contribution is 0.0922. The molecule has 0 bridgehead atoms. The first-order valence-corrected chi connectivity index (χ1v) is 7.75. The third kappa shape index (κ3) is 4.17. The Kier molecular flexibility index (Phi) is 5.17. The molecule has 0 saturated heterocycles. The molecule has 1 aromatic rings. The van der Waals surface area contributed by atoms with E-state index in [9.17, 15) is 4.79 Å². The molecule has 0 unspecified atom stereocenters. The van der Waals surface area contributed by atoms with Gasteiger partial charge in [0.2, 0.25) is 0 Å². The number of carbonyl (C=O) groups excluding carboxylic acids is 1. The number of hydrogen-bond donors (Lipinski definition) is 3. The molecule has 4 N–H and O–H groups in total. The highest BCUT2D eigenvalue weighted by Crippen LogP contribution is 2.42. The fraction of sp³-hybridized carbons (Fsp3) is 0.625. The number of amides is 1. The summed E-state index contributed by atoms with van der Waals surface area (Å²) in [5.74, 6) is 6.43. The Labute approximate surface area is 126 Å². The number of nitrogens with zero attached hydrogens (tertiary/aromatic N) is 1. The predicted molar refractivity (Wildman–Crippen MR) is 84.7 cm³/mol. The summed E-state index contributed by atoms with van der Waals surface area (Å²) >= 11 is 0.